The van der Waals surface area contributed by atoms with Crippen LogP contribution in [0.15, 0.2) is 22.6 Å². The second-order valence-corrected chi connectivity index (χ2v) is 7.25. The molecule has 0 saturated carbocycles. The van der Waals surface area contributed by atoms with Crippen LogP contribution in [0, 0.1) is 30.6 Å². The van der Waals surface area contributed by atoms with Gasteiger partial charge in [0, 0.05) is 12.0 Å². The van der Waals surface area contributed by atoms with Crippen LogP contribution in [-0.2, 0) is 6.42 Å². The van der Waals surface area contributed by atoms with Crippen LogP contribution in [0.5, 0.6) is 0 Å². The summed E-state index contributed by atoms with van der Waals surface area (Å²) < 4.78 is 5.81. The van der Waals surface area contributed by atoms with Crippen LogP contribution in [0.4, 0.5) is 0 Å². The molecule has 0 bridgehead atoms. The number of nitriles is 1. The number of fused-ring (bicyclic) bond motifs is 1. The Kier molecular flexibility index (Phi) is 3.92. The zero-order chi connectivity index (χ0) is 17.5. The number of amides is 1. The highest BCUT2D eigenvalue weighted by Gasteiger charge is 2.35. The quantitative estimate of drug-likeness (QED) is 0.915. The number of aromatic nitrogens is 1. The Morgan fingerprint density at radius 1 is 1.42 bits per heavy atom. The molecule has 0 aliphatic heterocycles. The number of carbonyl (C=O) groups excluding carboxylic acids is 1. The number of furan rings is 1. The summed E-state index contributed by atoms with van der Waals surface area (Å²) in [4.78, 5) is 16.9. The Morgan fingerprint density at radius 3 is 2.83 bits per heavy atom. The number of nitrogens with one attached hydrogen (secondary N) is 1. The predicted molar refractivity (Wildman–Crippen MR) is 89.4 cm³/mol. The maximum atomic E-state index is 12.6. The molecule has 124 valence electrons. The smallest absolute Gasteiger partial charge is 0.270 e. The van der Waals surface area contributed by atoms with Crippen molar-refractivity contribution in [3.8, 4) is 6.07 Å². The Balaban J connectivity index is 1.86. The van der Waals surface area contributed by atoms with Gasteiger partial charge >= 0.3 is 0 Å². The molecule has 1 N–H and O–H groups in total. The van der Waals surface area contributed by atoms with Crippen LogP contribution in [0.25, 0.3) is 0 Å². The van der Waals surface area contributed by atoms with Gasteiger partial charge in [0.2, 0.25) is 0 Å². The van der Waals surface area contributed by atoms with Gasteiger partial charge in [-0.15, -0.1) is 0 Å². The molecule has 24 heavy (non-hydrogen) atoms. The van der Waals surface area contributed by atoms with Crippen molar-refractivity contribution in [2.24, 2.45) is 5.41 Å². The van der Waals surface area contributed by atoms with Crippen molar-refractivity contribution >= 4 is 5.91 Å². The molecular formula is C19H21N3O2. The first kappa shape index (κ1) is 16.3. The summed E-state index contributed by atoms with van der Waals surface area (Å²) >= 11 is 0. The lowest BCUT2D eigenvalue weighted by Gasteiger charge is -2.34. The summed E-state index contributed by atoms with van der Waals surface area (Å²) in [7, 11) is 0. The standard InChI is InChI=1S/C19H21N3O2/c1-11-7-14-16(8-19(3,4)9-17(14)24-11)22-18(23)15-6-5-13(10-20)12(2)21-15/h5-7,16H,8-9H2,1-4H3,(H,22,23). The van der Waals surface area contributed by atoms with Crippen molar-refractivity contribution in [2.75, 3.05) is 0 Å². The summed E-state index contributed by atoms with van der Waals surface area (Å²) in [5.41, 5.74) is 2.50. The van der Waals surface area contributed by atoms with Gasteiger partial charge in [-0.3, -0.25) is 4.79 Å². The van der Waals surface area contributed by atoms with Gasteiger partial charge in [0.15, 0.2) is 0 Å². The minimum absolute atomic E-state index is 0.0588. The average molecular weight is 323 g/mol. The van der Waals surface area contributed by atoms with Gasteiger partial charge in [-0.2, -0.15) is 5.26 Å². The first-order valence-electron chi connectivity index (χ1n) is 8.07. The van der Waals surface area contributed by atoms with Crippen molar-refractivity contribution in [1.29, 1.82) is 5.26 Å². The van der Waals surface area contributed by atoms with Crippen LogP contribution < -0.4 is 5.32 Å². The second-order valence-electron chi connectivity index (χ2n) is 7.25. The lowest BCUT2D eigenvalue weighted by atomic mass is 9.74. The molecule has 2 aromatic rings. The lowest BCUT2D eigenvalue weighted by Crippen LogP contribution is -2.36. The fourth-order valence-electron chi connectivity index (χ4n) is 3.35. The third kappa shape index (κ3) is 3.05. The van der Waals surface area contributed by atoms with Gasteiger partial charge < -0.3 is 9.73 Å². The molecule has 1 aliphatic carbocycles. The molecule has 1 aliphatic rings. The summed E-state index contributed by atoms with van der Waals surface area (Å²) in [6, 6.07) is 7.21. The van der Waals surface area contributed by atoms with Crippen molar-refractivity contribution in [2.45, 2.75) is 46.6 Å². The van der Waals surface area contributed by atoms with E-state index in [9.17, 15) is 4.79 Å². The van der Waals surface area contributed by atoms with Crippen LogP contribution >= 0.6 is 0 Å². The zero-order valence-electron chi connectivity index (χ0n) is 14.4. The lowest BCUT2D eigenvalue weighted by molar-refractivity contribution is 0.0912. The van der Waals surface area contributed by atoms with Crippen molar-refractivity contribution in [3.05, 3.63) is 52.2 Å². The molecule has 0 fully saturated rings. The van der Waals surface area contributed by atoms with E-state index >= 15 is 0 Å². The number of aryl methyl sites for hydroxylation is 2. The van der Waals surface area contributed by atoms with E-state index in [-0.39, 0.29) is 17.4 Å². The molecule has 5 heteroatoms. The second kappa shape index (κ2) is 5.79. The number of hydrogen-bond acceptors (Lipinski definition) is 4. The van der Waals surface area contributed by atoms with Crippen molar-refractivity contribution in [1.82, 2.24) is 10.3 Å². The van der Waals surface area contributed by atoms with E-state index < -0.39 is 0 Å². The molecular weight excluding hydrogens is 302 g/mol. The highest BCUT2D eigenvalue weighted by atomic mass is 16.3. The monoisotopic (exact) mass is 323 g/mol. The normalized spacial score (nSPS) is 18.5. The predicted octanol–water partition coefficient (Wildman–Crippen LogP) is 3.61. The van der Waals surface area contributed by atoms with E-state index in [0.717, 1.165) is 29.9 Å². The van der Waals surface area contributed by atoms with Crippen LogP contribution in [0.2, 0.25) is 0 Å². The molecule has 5 nitrogen and oxygen atoms in total. The van der Waals surface area contributed by atoms with E-state index in [2.05, 4.69) is 30.2 Å². The molecule has 1 amide bonds. The number of hydrogen-bond donors (Lipinski definition) is 1. The summed E-state index contributed by atoms with van der Waals surface area (Å²) in [6.07, 6.45) is 1.72. The van der Waals surface area contributed by atoms with Crippen molar-refractivity contribution < 1.29 is 9.21 Å². The maximum absolute atomic E-state index is 12.6. The van der Waals surface area contributed by atoms with Crippen molar-refractivity contribution in [3.63, 3.8) is 0 Å². The van der Waals surface area contributed by atoms with Gasteiger partial charge in [-0.1, -0.05) is 13.8 Å². The molecule has 3 rings (SSSR count). The number of nitrogens with zero attached hydrogens (tertiary/aromatic N) is 2. The highest BCUT2D eigenvalue weighted by Crippen LogP contribution is 2.42. The van der Waals surface area contributed by atoms with Gasteiger partial charge in [0.25, 0.3) is 5.91 Å². The SMILES string of the molecule is Cc1cc2c(o1)CC(C)(C)CC2NC(=O)c1ccc(C#N)c(C)n1. The fraction of sp³-hybridized carbons (Fsp3) is 0.421. The molecule has 1 atom stereocenters. The maximum Gasteiger partial charge on any atom is 0.270 e. The zero-order valence-corrected chi connectivity index (χ0v) is 14.4. The van der Waals surface area contributed by atoms with E-state index in [0.29, 0.717) is 17.0 Å². The van der Waals surface area contributed by atoms with E-state index in [1.807, 2.05) is 13.0 Å². The topological polar surface area (TPSA) is 78.9 Å². The molecule has 0 radical (unpaired) electrons. The molecule has 1 unspecified atom stereocenters. The summed E-state index contributed by atoms with van der Waals surface area (Å²) in [5, 5.41) is 12.1. The molecule has 2 aromatic heterocycles. The highest BCUT2D eigenvalue weighted by molar-refractivity contribution is 5.92. The average Bonchev–Trinajstić information content (AvgIpc) is 2.86. The molecule has 2 heterocycles. The minimum Gasteiger partial charge on any atom is -0.466 e. The van der Waals surface area contributed by atoms with Crippen LogP contribution in [0.1, 0.15) is 65.1 Å². The molecule has 0 spiro atoms. The third-order valence-corrected chi connectivity index (χ3v) is 4.48. The minimum atomic E-state index is -0.227. The Labute approximate surface area is 141 Å². The first-order valence-corrected chi connectivity index (χ1v) is 8.07. The molecule has 0 saturated heterocycles. The van der Waals surface area contributed by atoms with Gasteiger partial charge in [0.1, 0.15) is 23.3 Å². The molecule has 0 aromatic carbocycles. The number of carbonyl (C=O) groups is 1. The Bertz CT molecular complexity index is 843. The van der Waals surface area contributed by atoms with Gasteiger partial charge in [0.05, 0.1) is 17.3 Å². The number of pyridine rings is 1. The summed E-state index contributed by atoms with van der Waals surface area (Å²) in [6.45, 7) is 8.01. The van der Waals surface area contributed by atoms with E-state index in [1.54, 1.807) is 19.1 Å². The van der Waals surface area contributed by atoms with E-state index in [1.165, 1.54) is 0 Å². The largest absolute Gasteiger partial charge is 0.466 e. The fourth-order valence-corrected chi connectivity index (χ4v) is 3.35. The summed E-state index contributed by atoms with van der Waals surface area (Å²) in [5.74, 6) is 1.59. The van der Waals surface area contributed by atoms with E-state index in [4.69, 9.17) is 9.68 Å². The van der Waals surface area contributed by atoms with Crippen LogP contribution in [0.3, 0.4) is 0 Å². The number of rotatable bonds is 2. The Hall–Kier alpha value is -2.61. The van der Waals surface area contributed by atoms with Crippen LogP contribution in [-0.4, -0.2) is 10.9 Å². The third-order valence-electron chi connectivity index (χ3n) is 4.48. The van der Waals surface area contributed by atoms with Gasteiger partial charge in [-0.25, -0.2) is 4.98 Å². The first-order chi connectivity index (χ1) is 11.3. The Morgan fingerprint density at radius 2 is 2.17 bits per heavy atom. The van der Waals surface area contributed by atoms with Gasteiger partial charge in [-0.05, 0) is 43.9 Å².